The number of amides is 1. The third-order valence-corrected chi connectivity index (χ3v) is 2.29. The van der Waals surface area contributed by atoms with E-state index in [4.69, 9.17) is 17.3 Å². The predicted octanol–water partition coefficient (Wildman–Crippen LogP) is 1.92. The van der Waals surface area contributed by atoms with Gasteiger partial charge in [-0.3, -0.25) is 14.9 Å². The van der Waals surface area contributed by atoms with Crippen molar-refractivity contribution in [2.45, 2.75) is 19.4 Å². The van der Waals surface area contributed by atoms with E-state index in [0.717, 1.165) is 0 Å². The van der Waals surface area contributed by atoms with E-state index in [0.29, 0.717) is 5.69 Å². The average Bonchev–Trinajstić information content (AvgIpc) is 2.15. The van der Waals surface area contributed by atoms with Crippen LogP contribution in [0.3, 0.4) is 0 Å². The Bertz CT molecular complexity index is 468. The number of halogens is 1. The molecule has 0 bridgehead atoms. The smallest absolute Gasteiger partial charge is 0.288 e. The molecule has 3 N–H and O–H groups in total. The number of hydrogen-bond donors (Lipinski definition) is 2. The Balaban J connectivity index is 2.92. The average molecular weight is 258 g/mol. The summed E-state index contributed by atoms with van der Waals surface area (Å²) in [5.74, 6) is -0.401. The third-order valence-electron chi connectivity index (χ3n) is 1.99. The summed E-state index contributed by atoms with van der Waals surface area (Å²) >= 11 is 5.70. The lowest BCUT2D eigenvalue weighted by Crippen LogP contribution is -2.45. The number of carbonyl (C=O) groups is 1. The maximum atomic E-state index is 11.6. The molecule has 1 rings (SSSR count). The number of nitro benzene ring substituents is 1. The van der Waals surface area contributed by atoms with E-state index in [1.165, 1.54) is 18.2 Å². The summed E-state index contributed by atoms with van der Waals surface area (Å²) in [6.45, 7) is 3.10. The molecule has 0 heterocycles. The van der Waals surface area contributed by atoms with Crippen LogP contribution >= 0.6 is 11.6 Å². The maximum absolute atomic E-state index is 11.6. The van der Waals surface area contributed by atoms with Crippen molar-refractivity contribution in [1.29, 1.82) is 0 Å². The van der Waals surface area contributed by atoms with Crippen molar-refractivity contribution in [3.05, 3.63) is 33.3 Å². The van der Waals surface area contributed by atoms with Gasteiger partial charge in [-0.1, -0.05) is 11.6 Å². The van der Waals surface area contributed by atoms with Gasteiger partial charge in [-0.2, -0.15) is 0 Å². The largest absolute Gasteiger partial charge is 0.324 e. The normalized spacial score (nSPS) is 11.1. The Morgan fingerprint density at radius 2 is 2.12 bits per heavy atom. The predicted molar refractivity (Wildman–Crippen MR) is 65.0 cm³/mol. The first kappa shape index (κ1) is 13.4. The lowest BCUT2D eigenvalue weighted by molar-refractivity contribution is -0.384. The number of anilines is 1. The number of nitrogens with two attached hydrogens (primary N) is 1. The van der Waals surface area contributed by atoms with Gasteiger partial charge in [-0.05, 0) is 26.0 Å². The molecule has 0 spiro atoms. The van der Waals surface area contributed by atoms with Crippen molar-refractivity contribution < 1.29 is 9.72 Å². The molecule has 92 valence electrons. The van der Waals surface area contributed by atoms with Crippen molar-refractivity contribution in [3.63, 3.8) is 0 Å². The summed E-state index contributed by atoms with van der Waals surface area (Å²) in [7, 11) is 0. The Morgan fingerprint density at radius 1 is 1.53 bits per heavy atom. The van der Waals surface area contributed by atoms with Crippen LogP contribution in [-0.4, -0.2) is 16.4 Å². The van der Waals surface area contributed by atoms with Crippen LogP contribution in [0.2, 0.25) is 5.02 Å². The monoisotopic (exact) mass is 257 g/mol. The first-order valence-electron chi connectivity index (χ1n) is 4.76. The number of nitro groups is 1. The fourth-order valence-electron chi connectivity index (χ4n) is 1.02. The number of nitrogens with zero attached hydrogens (tertiary/aromatic N) is 1. The lowest BCUT2D eigenvalue weighted by Gasteiger charge is -2.17. The fraction of sp³-hybridized carbons (Fsp3) is 0.300. The molecule has 6 nitrogen and oxygen atoms in total. The summed E-state index contributed by atoms with van der Waals surface area (Å²) in [6.07, 6.45) is 0. The van der Waals surface area contributed by atoms with Crippen LogP contribution < -0.4 is 11.1 Å². The van der Waals surface area contributed by atoms with Crippen LogP contribution in [0, 0.1) is 10.1 Å². The van der Waals surface area contributed by atoms with Gasteiger partial charge in [0.15, 0.2) is 0 Å². The van der Waals surface area contributed by atoms with Gasteiger partial charge in [0.2, 0.25) is 5.91 Å². The highest BCUT2D eigenvalue weighted by Gasteiger charge is 2.22. The molecule has 0 unspecified atom stereocenters. The summed E-state index contributed by atoms with van der Waals surface area (Å²) < 4.78 is 0. The number of benzene rings is 1. The molecule has 1 amide bonds. The van der Waals surface area contributed by atoms with Gasteiger partial charge in [-0.25, -0.2) is 0 Å². The molecule has 7 heteroatoms. The fourth-order valence-corrected chi connectivity index (χ4v) is 1.27. The zero-order chi connectivity index (χ0) is 13.2. The molecule has 0 radical (unpaired) electrons. The van der Waals surface area contributed by atoms with Gasteiger partial charge < -0.3 is 11.1 Å². The summed E-state index contributed by atoms with van der Waals surface area (Å²) in [4.78, 5) is 21.5. The highest BCUT2D eigenvalue weighted by Crippen LogP contribution is 2.27. The first-order chi connectivity index (χ1) is 7.71. The van der Waals surface area contributed by atoms with Gasteiger partial charge in [0.1, 0.15) is 5.02 Å². The molecule has 0 aliphatic carbocycles. The number of carbonyl (C=O) groups excluding carboxylic acids is 1. The highest BCUT2D eigenvalue weighted by molar-refractivity contribution is 6.33. The molecule has 0 atom stereocenters. The molecule has 1 aromatic carbocycles. The Hall–Kier alpha value is -1.66. The minimum Gasteiger partial charge on any atom is -0.324 e. The summed E-state index contributed by atoms with van der Waals surface area (Å²) in [5.41, 5.74) is 4.71. The highest BCUT2D eigenvalue weighted by atomic mass is 35.5. The summed E-state index contributed by atoms with van der Waals surface area (Å²) in [6, 6.07) is 3.93. The van der Waals surface area contributed by atoms with Gasteiger partial charge >= 0.3 is 0 Å². The van der Waals surface area contributed by atoms with E-state index in [-0.39, 0.29) is 10.7 Å². The molecule has 17 heavy (non-hydrogen) atoms. The van der Waals surface area contributed by atoms with Crippen LogP contribution in [0.5, 0.6) is 0 Å². The molecule has 0 aromatic heterocycles. The van der Waals surface area contributed by atoms with E-state index in [1.54, 1.807) is 13.8 Å². The third kappa shape index (κ3) is 3.40. The zero-order valence-corrected chi connectivity index (χ0v) is 10.1. The molecule has 0 fully saturated rings. The van der Waals surface area contributed by atoms with E-state index in [9.17, 15) is 14.9 Å². The minimum atomic E-state index is -1.03. The molecule has 1 aromatic rings. The quantitative estimate of drug-likeness (QED) is 0.638. The van der Waals surface area contributed by atoms with Crippen LogP contribution in [0.15, 0.2) is 18.2 Å². The number of nitrogens with one attached hydrogen (secondary N) is 1. The summed E-state index contributed by atoms with van der Waals surface area (Å²) in [5, 5.41) is 13.0. The Morgan fingerprint density at radius 3 is 2.53 bits per heavy atom. The first-order valence-corrected chi connectivity index (χ1v) is 5.14. The molecule has 0 saturated heterocycles. The van der Waals surface area contributed by atoms with Crippen molar-refractivity contribution in [1.82, 2.24) is 0 Å². The van der Waals surface area contributed by atoms with E-state index < -0.39 is 16.4 Å². The van der Waals surface area contributed by atoms with Crippen molar-refractivity contribution in [2.24, 2.45) is 5.73 Å². The van der Waals surface area contributed by atoms with Gasteiger partial charge in [-0.15, -0.1) is 0 Å². The van der Waals surface area contributed by atoms with Crippen molar-refractivity contribution in [2.75, 3.05) is 5.32 Å². The zero-order valence-electron chi connectivity index (χ0n) is 9.36. The van der Waals surface area contributed by atoms with Crippen molar-refractivity contribution >= 4 is 28.9 Å². The second-order valence-corrected chi connectivity index (χ2v) is 4.51. The number of hydrogen-bond acceptors (Lipinski definition) is 4. The van der Waals surface area contributed by atoms with Crippen LogP contribution in [-0.2, 0) is 4.79 Å². The van der Waals surface area contributed by atoms with Crippen molar-refractivity contribution in [3.8, 4) is 0 Å². The molecular weight excluding hydrogens is 246 g/mol. The topological polar surface area (TPSA) is 98.3 Å². The van der Waals surface area contributed by atoms with E-state index in [2.05, 4.69) is 5.32 Å². The number of rotatable bonds is 3. The Kier molecular flexibility index (Phi) is 3.69. The standard InChI is InChI=1S/C10H12ClN3O3/c1-10(2,12)9(15)13-6-3-4-8(14(16)17)7(11)5-6/h3-5H,12H2,1-2H3,(H,13,15). The Labute approximate surface area is 103 Å². The van der Waals surface area contributed by atoms with Gasteiger partial charge in [0.25, 0.3) is 5.69 Å². The van der Waals surface area contributed by atoms with E-state index in [1.807, 2.05) is 0 Å². The SMILES string of the molecule is CC(C)(N)C(=O)Nc1ccc([N+](=O)[O-])c(Cl)c1. The van der Waals surface area contributed by atoms with E-state index >= 15 is 0 Å². The molecule has 0 aliphatic rings. The van der Waals surface area contributed by atoms with Crippen LogP contribution in [0.1, 0.15) is 13.8 Å². The maximum Gasteiger partial charge on any atom is 0.288 e. The lowest BCUT2D eigenvalue weighted by atomic mass is 10.1. The van der Waals surface area contributed by atoms with Crippen LogP contribution in [0.4, 0.5) is 11.4 Å². The minimum absolute atomic E-state index is 0.0392. The molecule has 0 saturated carbocycles. The second-order valence-electron chi connectivity index (χ2n) is 4.10. The van der Waals surface area contributed by atoms with Gasteiger partial charge in [0, 0.05) is 11.8 Å². The van der Waals surface area contributed by atoms with Gasteiger partial charge in [0.05, 0.1) is 10.5 Å². The molecule has 0 aliphatic heterocycles. The second kappa shape index (κ2) is 4.68. The van der Waals surface area contributed by atoms with Crippen LogP contribution in [0.25, 0.3) is 0 Å². The molecular formula is C10H12ClN3O3.